The molecule has 1 rings (SSSR count). The van der Waals surface area contributed by atoms with Crippen LogP contribution in [0, 0.1) is 0 Å². The molecule has 0 aliphatic carbocycles. The topological polar surface area (TPSA) is 29.1 Å². The first kappa shape index (κ1) is 9.70. The maximum Gasteiger partial charge on any atom is 0.408 e. The molecule has 1 fully saturated rings. The maximum atomic E-state index is 12.1. The van der Waals surface area contributed by atoms with E-state index in [2.05, 4.69) is 0 Å². The average molecular weight is 199 g/mol. The summed E-state index contributed by atoms with van der Waals surface area (Å²) in [5.41, 5.74) is 0. The van der Waals surface area contributed by atoms with Gasteiger partial charge in [0.2, 0.25) is 5.91 Å². The fourth-order valence-electron chi connectivity index (χ4n) is 0.920. The van der Waals surface area contributed by atoms with Gasteiger partial charge in [0.1, 0.15) is 6.04 Å². The van der Waals surface area contributed by atoms with E-state index in [-0.39, 0.29) is 12.2 Å². The van der Waals surface area contributed by atoms with Gasteiger partial charge < -0.3 is 5.32 Å². The number of halogens is 3. The number of thioether (sulfide) groups is 1. The lowest BCUT2D eigenvalue weighted by Gasteiger charge is -2.18. The highest BCUT2D eigenvalue weighted by molar-refractivity contribution is 7.99. The van der Waals surface area contributed by atoms with Crippen molar-refractivity contribution in [3.63, 3.8) is 0 Å². The molecule has 0 radical (unpaired) electrons. The Morgan fingerprint density at radius 2 is 2.17 bits per heavy atom. The maximum absolute atomic E-state index is 12.1. The van der Waals surface area contributed by atoms with E-state index in [4.69, 9.17) is 0 Å². The normalized spacial score (nSPS) is 26.2. The summed E-state index contributed by atoms with van der Waals surface area (Å²) in [6.45, 7) is 0. The minimum absolute atomic E-state index is 0.0279. The van der Waals surface area contributed by atoms with Gasteiger partial charge in [-0.3, -0.25) is 4.79 Å². The van der Waals surface area contributed by atoms with Crippen LogP contribution < -0.4 is 5.32 Å². The molecule has 1 saturated heterocycles. The molecule has 1 aliphatic rings. The van der Waals surface area contributed by atoms with Crippen LogP contribution in [0.4, 0.5) is 13.2 Å². The summed E-state index contributed by atoms with van der Waals surface area (Å²) in [6.07, 6.45) is -4.33. The number of nitrogens with one attached hydrogen (secondary N) is 1. The van der Waals surface area contributed by atoms with Gasteiger partial charge in [-0.15, -0.1) is 0 Å². The number of carbonyl (C=O) groups excluding carboxylic acids is 1. The van der Waals surface area contributed by atoms with Crippen molar-refractivity contribution in [3.05, 3.63) is 0 Å². The van der Waals surface area contributed by atoms with Crippen LogP contribution in [0.1, 0.15) is 6.42 Å². The fraction of sp³-hybridized carbons (Fsp3) is 0.833. The molecule has 0 saturated carbocycles. The van der Waals surface area contributed by atoms with Crippen LogP contribution in [-0.2, 0) is 4.79 Å². The van der Waals surface area contributed by atoms with Gasteiger partial charge in [-0.05, 0) is 12.2 Å². The van der Waals surface area contributed by atoms with Crippen molar-refractivity contribution in [3.8, 4) is 0 Å². The Balaban J connectivity index is 2.58. The average Bonchev–Trinajstić information content (AvgIpc) is 2.11. The van der Waals surface area contributed by atoms with Crippen molar-refractivity contribution in [2.75, 3.05) is 11.5 Å². The lowest BCUT2D eigenvalue weighted by molar-refractivity contribution is -0.160. The van der Waals surface area contributed by atoms with Crippen LogP contribution in [-0.4, -0.2) is 29.6 Å². The smallest absolute Gasteiger partial charge is 0.344 e. The largest absolute Gasteiger partial charge is 0.408 e. The van der Waals surface area contributed by atoms with E-state index >= 15 is 0 Å². The standard InChI is InChI=1S/C6H8F3NOS/c7-6(8,9)4-1-2-12-3-5(11)10-4/h4H,1-3H2,(H,10,11). The van der Waals surface area contributed by atoms with Crippen molar-refractivity contribution in [2.24, 2.45) is 0 Å². The van der Waals surface area contributed by atoms with E-state index in [1.54, 1.807) is 0 Å². The Hall–Kier alpha value is -0.390. The van der Waals surface area contributed by atoms with Crippen molar-refractivity contribution >= 4 is 17.7 Å². The Bertz CT molecular complexity index is 182. The number of hydrogen-bond donors (Lipinski definition) is 1. The van der Waals surface area contributed by atoms with Crippen LogP contribution in [0.2, 0.25) is 0 Å². The molecular formula is C6H8F3NOS. The molecule has 70 valence electrons. The summed E-state index contributed by atoms with van der Waals surface area (Å²) >= 11 is 1.23. The summed E-state index contributed by atoms with van der Waals surface area (Å²) in [5.74, 6) is -0.0185. The molecule has 1 aliphatic heterocycles. The lowest BCUT2D eigenvalue weighted by atomic mass is 10.2. The lowest BCUT2D eigenvalue weighted by Crippen LogP contribution is -2.44. The molecule has 0 spiro atoms. The quantitative estimate of drug-likeness (QED) is 0.634. The molecule has 0 aromatic carbocycles. The van der Waals surface area contributed by atoms with E-state index in [1.807, 2.05) is 5.32 Å². The molecule has 1 N–H and O–H groups in total. The van der Waals surface area contributed by atoms with Crippen LogP contribution in [0.5, 0.6) is 0 Å². The Labute approximate surface area is 71.9 Å². The third-order valence-electron chi connectivity index (χ3n) is 1.51. The molecule has 0 bridgehead atoms. The van der Waals surface area contributed by atoms with E-state index in [9.17, 15) is 18.0 Å². The van der Waals surface area contributed by atoms with Crippen LogP contribution in [0.25, 0.3) is 0 Å². The van der Waals surface area contributed by atoms with Gasteiger partial charge >= 0.3 is 6.18 Å². The third-order valence-corrected chi connectivity index (χ3v) is 2.51. The zero-order valence-electron chi connectivity index (χ0n) is 6.15. The fourth-order valence-corrected chi connectivity index (χ4v) is 1.74. The zero-order valence-corrected chi connectivity index (χ0v) is 6.97. The van der Waals surface area contributed by atoms with Crippen molar-refractivity contribution in [2.45, 2.75) is 18.6 Å². The SMILES string of the molecule is O=C1CSCCC(C(F)(F)F)N1. The van der Waals surface area contributed by atoms with Crippen molar-refractivity contribution in [1.82, 2.24) is 5.32 Å². The first-order valence-corrected chi connectivity index (χ1v) is 4.59. The van der Waals surface area contributed by atoms with E-state index < -0.39 is 18.1 Å². The molecule has 1 atom stereocenters. The van der Waals surface area contributed by atoms with Gasteiger partial charge in [-0.1, -0.05) is 0 Å². The van der Waals surface area contributed by atoms with Crippen molar-refractivity contribution in [1.29, 1.82) is 0 Å². The second kappa shape index (κ2) is 3.55. The number of rotatable bonds is 0. The van der Waals surface area contributed by atoms with Gasteiger partial charge in [0.05, 0.1) is 5.75 Å². The second-order valence-corrected chi connectivity index (χ2v) is 3.61. The number of carbonyl (C=O) groups is 1. The first-order chi connectivity index (χ1) is 5.50. The van der Waals surface area contributed by atoms with E-state index in [0.29, 0.717) is 5.75 Å². The first-order valence-electron chi connectivity index (χ1n) is 3.44. The second-order valence-electron chi connectivity index (χ2n) is 2.50. The monoisotopic (exact) mass is 199 g/mol. The van der Waals surface area contributed by atoms with E-state index in [0.717, 1.165) is 0 Å². The van der Waals surface area contributed by atoms with Crippen molar-refractivity contribution < 1.29 is 18.0 Å². The highest BCUT2D eigenvalue weighted by atomic mass is 32.2. The van der Waals surface area contributed by atoms with Gasteiger partial charge in [-0.2, -0.15) is 24.9 Å². The van der Waals surface area contributed by atoms with Gasteiger partial charge in [-0.25, -0.2) is 0 Å². The Morgan fingerprint density at radius 1 is 1.50 bits per heavy atom. The number of alkyl halides is 3. The summed E-state index contributed by atoms with van der Waals surface area (Å²) in [5, 5.41) is 1.93. The van der Waals surface area contributed by atoms with Crippen LogP contribution in [0.15, 0.2) is 0 Å². The molecule has 1 amide bonds. The molecule has 0 aromatic rings. The highest BCUT2D eigenvalue weighted by Gasteiger charge is 2.40. The van der Waals surface area contributed by atoms with Crippen LogP contribution in [0.3, 0.4) is 0 Å². The zero-order chi connectivity index (χ0) is 9.19. The molecule has 0 aromatic heterocycles. The molecule has 12 heavy (non-hydrogen) atoms. The Morgan fingerprint density at radius 3 is 2.75 bits per heavy atom. The Kier molecular flexibility index (Phi) is 2.87. The third kappa shape index (κ3) is 2.58. The van der Waals surface area contributed by atoms with Gasteiger partial charge in [0.15, 0.2) is 0 Å². The predicted molar refractivity (Wildman–Crippen MR) is 39.9 cm³/mol. The molecule has 2 nitrogen and oxygen atoms in total. The minimum atomic E-state index is -4.31. The molecule has 1 unspecified atom stereocenters. The highest BCUT2D eigenvalue weighted by Crippen LogP contribution is 2.25. The van der Waals surface area contributed by atoms with Crippen LogP contribution >= 0.6 is 11.8 Å². The van der Waals surface area contributed by atoms with E-state index in [1.165, 1.54) is 11.8 Å². The molecular weight excluding hydrogens is 191 g/mol. The summed E-state index contributed by atoms with van der Waals surface area (Å²) in [7, 11) is 0. The van der Waals surface area contributed by atoms with Gasteiger partial charge in [0.25, 0.3) is 0 Å². The number of amides is 1. The minimum Gasteiger partial charge on any atom is -0.344 e. The summed E-state index contributed by atoms with van der Waals surface area (Å²) in [4.78, 5) is 10.7. The molecule has 1 heterocycles. The summed E-state index contributed by atoms with van der Waals surface area (Å²) < 4.78 is 36.2. The summed E-state index contributed by atoms with van der Waals surface area (Å²) in [6, 6.07) is -1.65. The van der Waals surface area contributed by atoms with Gasteiger partial charge in [0, 0.05) is 0 Å². The molecule has 6 heteroatoms. The predicted octanol–water partition coefficient (Wildman–Crippen LogP) is 1.17. The number of hydrogen-bond acceptors (Lipinski definition) is 2.